The third-order valence-corrected chi connectivity index (χ3v) is 13.4. The molecule has 258 valence electrons. The van der Waals surface area contributed by atoms with Crippen LogP contribution in [0.5, 0.6) is 34.5 Å². The lowest BCUT2D eigenvalue weighted by Gasteiger charge is -2.60. The smallest absolute Gasteiger partial charge is 0.331 e. The maximum Gasteiger partial charge on any atom is 0.331 e. The summed E-state index contributed by atoms with van der Waals surface area (Å²) in [5, 5.41) is 41.6. The van der Waals surface area contributed by atoms with E-state index in [1.807, 2.05) is 26.8 Å². The number of aryl methyl sites for hydroxylation is 2. The quantitative estimate of drug-likeness (QED) is 0.234. The lowest BCUT2D eigenvalue weighted by molar-refractivity contribution is -0.156. The predicted octanol–water partition coefficient (Wildman–Crippen LogP) is 4.22. The largest absolute Gasteiger partial charge is 0.508 e. The van der Waals surface area contributed by atoms with Gasteiger partial charge in [0, 0.05) is 52.7 Å². The van der Waals surface area contributed by atoms with Gasteiger partial charge in [0.1, 0.15) is 18.1 Å². The summed E-state index contributed by atoms with van der Waals surface area (Å²) in [7, 11) is 1.58. The highest BCUT2D eigenvalue weighted by atomic mass is 32.2. The molecule has 0 amide bonds. The van der Waals surface area contributed by atoms with Crippen molar-refractivity contribution in [2.75, 3.05) is 32.8 Å². The van der Waals surface area contributed by atoms with Crippen LogP contribution in [-0.2, 0) is 27.9 Å². The zero-order valence-electron chi connectivity index (χ0n) is 28.2. The molecule has 2 fully saturated rings. The lowest BCUT2D eigenvalue weighted by Crippen LogP contribution is -2.69. The van der Waals surface area contributed by atoms with E-state index in [-0.39, 0.29) is 66.0 Å². The molecule has 3 aromatic carbocycles. The van der Waals surface area contributed by atoms with Crippen LogP contribution in [0.25, 0.3) is 0 Å². The molecule has 11 nitrogen and oxygen atoms in total. The van der Waals surface area contributed by atoms with Gasteiger partial charge in [-0.25, -0.2) is 4.79 Å². The van der Waals surface area contributed by atoms with Crippen LogP contribution in [0.3, 0.4) is 0 Å². The van der Waals surface area contributed by atoms with Crippen LogP contribution in [0.1, 0.15) is 74.3 Å². The number of nitrogens with one attached hydrogen (secondary N) is 2. The van der Waals surface area contributed by atoms with Gasteiger partial charge in [0.15, 0.2) is 28.5 Å². The fourth-order valence-electron chi connectivity index (χ4n) is 9.62. The third kappa shape index (κ3) is 4.11. The summed E-state index contributed by atoms with van der Waals surface area (Å²) < 4.78 is 24.2. The Labute approximate surface area is 288 Å². The van der Waals surface area contributed by atoms with E-state index in [4.69, 9.17) is 18.9 Å². The molecule has 0 radical (unpaired) electrons. The molecule has 12 heteroatoms. The highest BCUT2D eigenvalue weighted by Crippen LogP contribution is 2.63. The summed E-state index contributed by atoms with van der Waals surface area (Å²) in [4.78, 5) is 17.0. The Morgan fingerprint density at radius 1 is 0.980 bits per heavy atom. The predicted molar refractivity (Wildman–Crippen MR) is 182 cm³/mol. The van der Waals surface area contributed by atoms with Gasteiger partial charge in [-0.2, -0.15) is 0 Å². The summed E-state index contributed by atoms with van der Waals surface area (Å²) in [5.74, 6) is 1.99. The maximum absolute atomic E-state index is 14.5. The number of hydrogen-bond acceptors (Lipinski definition) is 12. The van der Waals surface area contributed by atoms with E-state index in [0.717, 1.165) is 38.9 Å². The van der Waals surface area contributed by atoms with Gasteiger partial charge in [-0.15, -0.1) is 11.8 Å². The molecule has 2 saturated heterocycles. The normalized spacial score (nSPS) is 31.0. The zero-order chi connectivity index (χ0) is 34.1. The fourth-order valence-corrected chi connectivity index (χ4v) is 11.3. The minimum absolute atomic E-state index is 0.00661. The summed E-state index contributed by atoms with van der Waals surface area (Å²) in [6.45, 7) is 8.45. The molecule has 7 heterocycles. The van der Waals surface area contributed by atoms with Crippen LogP contribution in [0.15, 0.2) is 18.2 Å². The van der Waals surface area contributed by atoms with Gasteiger partial charge in [-0.3, -0.25) is 10.2 Å². The molecule has 4 bridgehead atoms. The Bertz CT molecular complexity index is 1950. The first-order valence-electron chi connectivity index (χ1n) is 17.0. The first-order chi connectivity index (χ1) is 23.6. The van der Waals surface area contributed by atoms with Crippen molar-refractivity contribution in [3.63, 3.8) is 0 Å². The molecule has 7 aliphatic heterocycles. The van der Waals surface area contributed by atoms with Crippen molar-refractivity contribution in [2.45, 2.75) is 81.5 Å². The Kier molecular flexibility index (Phi) is 6.89. The number of phenols is 3. The first-order valence-corrected chi connectivity index (χ1v) is 18.0. The molecule has 7 aliphatic rings. The number of benzene rings is 3. The average molecular weight is 688 g/mol. The van der Waals surface area contributed by atoms with E-state index in [9.17, 15) is 20.1 Å². The molecule has 0 saturated carbocycles. The van der Waals surface area contributed by atoms with Crippen molar-refractivity contribution in [1.29, 1.82) is 0 Å². The van der Waals surface area contributed by atoms with Gasteiger partial charge in [-0.1, -0.05) is 6.07 Å². The van der Waals surface area contributed by atoms with Crippen molar-refractivity contribution in [3.8, 4) is 34.5 Å². The number of fused-ring (bicyclic) bond motifs is 9. The number of methoxy groups -OCH3 is 1. The van der Waals surface area contributed by atoms with E-state index in [1.165, 1.54) is 0 Å². The van der Waals surface area contributed by atoms with E-state index >= 15 is 0 Å². The molecule has 3 aromatic rings. The number of carbonyl (C=O) groups excluding carboxylic acids is 1. The molecule has 5 N–H and O–H groups in total. The lowest BCUT2D eigenvalue weighted by atomic mass is 9.72. The Hall–Kier alpha value is -3.84. The second-order valence-corrected chi connectivity index (χ2v) is 15.5. The zero-order valence-corrected chi connectivity index (χ0v) is 29.0. The summed E-state index contributed by atoms with van der Waals surface area (Å²) in [6.07, 6.45) is 1.37. The summed E-state index contributed by atoms with van der Waals surface area (Å²) in [6, 6.07) is 4.79. The van der Waals surface area contributed by atoms with Gasteiger partial charge in [0.25, 0.3) is 0 Å². The SMILES string of the molecule is COc1c(C)cc2c(c1O)[C@@H]1N[C@H](C2)[C@H](C)N2C1[C@@H]1SC[C@]3(NCCc4cc(O)c(C)cc43)C(=O)OC[C@H]2c2c3c(c(C)c(O)c21)OCO3. The number of piperazine rings is 1. The number of ether oxygens (including phenoxy) is 4. The number of phenolic OH excluding ortho intramolecular Hbond substituents is 3. The van der Waals surface area contributed by atoms with Gasteiger partial charge in [0.2, 0.25) is 6.79 Å². The first kappa shape index (κ1) is 31.2. The summed E-state index contributed by atoms with van der Waals surface area (Å²) in [5.41, 5.74) is 6.16. The topological polar surface area (TPSA) is 142 Å². The molecular formula is C37H41N3O8S. The van der Waals surface area contributed by atoms with Gasteiger partial charge in [0.05, 0.1) is 24.4 Å². The number of hydrogen-bond donors (Lipinski definition) is 5. The van der Waals surface area contributed by atoms with Crippen molar-refractivity contribution in [1.82, 2.24) is 15.5 Å². The van der Waals surface area contributed by atoms with E-state index in [2.05, 4.69) is 28.5 Å². The second kappa shape index (κ2) is 10.8. The van der Waals surface area contributed by atoms with Crippen molar-refractivity contribution in [3.05, 3.63) is 68.3 Å². The maximum atomic E-state index is 14.5. The standard InChI is InChI=1S/C37H41N3O8S/c1-15-9-21-19(11-24(15)41)6-7-38-37(21)13-49-35-27-26(34-33(47-14-48-34)17(3)30(27)42)23(12-46-36(37)44)40-18(4)22-10-20-8-16(2)32(45-5)31(43)25(20)28(39-22)29(35)40/h8-9,11,18,22-23,28-29,35,38-39,41-43H,6-7,10,12-14H2,1-5H3/t18-,22+,23-,28-,29?,35+,37+/m0/s1. The van der Waals surface area contributed by atoms with E-state index in [1.54, 1.807) is 24.9 Å². The molecule has 49 heavy (non-hydrogen) atoms. The molecule has 0 aromatic heterocycles. The Balaban J connectivity index is 1.28. The van der Waals surface area contributed by atoms with Crippen molar-refractivity contribution in [2.24, 2.45) is 0 Å². The van der Waals surface area contributed by atoms with Crippen LogP contribution >= 0.6 is 11.8 Å². The van der Waals surface area contributed by atoms with Crippen LogP contribution < -0.4 is 24.8 Å². The van der Waals surface area contributed by atoms with Crippen LogP contribution in [-0.4, -0.2) is 77.1 Å². The number of nitrogens with zero attached hydrogens (tertiary/aromatic N) is 1. The van der Waals surface area contributed by atoms with E-state index < -0.39 is 11.6 Å². The molecular weight excluding hydrogens is 646 g/mol. The van der Waals surface area contributed by atoms with E-state index in [0.29, 0.717) is 53.5 Å². The van der Waals surface area contributed by atoms with Gasteiger partial charge in [-0.05, 0) is 80.5 Å². The number of esters is 1. The van der Waals surface area contributed by atoms with Crippen LogP contribution in [0.4, 0.5) is 0 Å². The monoisotopic (exact) mass is 687 g/mol. The van der Waals surface area contributed by atoms with Crippen molar-refractivity contribution < 1.29 is 39.1 Å². The summed E-state index contributed by atoms with van der Waals surface area (Å²) >= 11 is 1.60. The highest BCUT2D eigenvalue weighted by Gasteiger charge is 2.59. The van der Waals surface area contributed by atoms with Crippen LogP contribution in [0, 0.1) is 20.8 Å². The Morgan fingerprint density at radius 2 is 1.78 bits per heavy atom. The minimum Gasteiger partial charge on any atom is -0.508 e. The third-order valence-electron chi connectivity index (χ3n) is 11.9. The average Bonchev–Trinajstić information content (AvgIpc) is 3.57. The number of thioether (sulfide) groups is 1. The van der Waals surface area contributed by atoms with Gasteiger partial charge < -0.3 is 39.6 Å². The van der Waals surface area contributed by atoms with Crippen LogP contribution in [0.2, 0.25) is 0 Å². The second-order valence-electron chi connectivity index (χ2n) is 14.4. The van der Waals surface area contributed by atoms with Gasteiger partial charge >= 0.3 is 5.97 Å². The Morgan fingerprint density at radius 3 is 2.57 bits per heavy atom. The fraction of sp³-hybridized carbons (Fsp3) is 0.486. The molecule has 1 unspecified atom stereocenters. The molecule has 7 atom stereocenters. The van der Waals surface area contributed by atoms with Crippen molar-refractivity contribution >= 4 is 17.7 Å². The molecule has 1 spiro atoms. The molecule has 0 aliphatic carbocycles. The molecule has 10 rings (SSSR count). The number of carbonyl (C=O) groups is 1. The number of rotatable bonds is 1. The number of aromatic hydroxyl groups is 3. The highest BCUT2D eigenvalue weighted by molar-refractivity contribution is 7.99. The minimum atomic E-state index is -1.18.